The van der Waals surface area contributed by atoms with Crippen molar-refractivity contribution in [2.45, 2.75) is 38.8 Å². The van der Waals surface area contributed by atoms with E-state index in [1.165, 1.54) is 0 Å². The molecule has 152 valence electrons. The van der Waals surface area contributed by atoms with Crippen LogP contribution in [0.15, 0.2) is 48.5 Å². The lowest BCUT2D eigenvalue weighted by Crippen LogP contribution is -2.47. The number of hydrogen-bond donors (Lipinski definition) is 3. The minimum atomic E-state index is -0.761. The quantitative estimate of drug-likeness (QED) is 0.647. The summed E-state index contributed by atoms with van der Waals surface area (Å²) in [5.41, 5.74) is 1.29. The highest BCUT2D eigenvalue weighted by atomic mass is 35.5. The number of nitrogens with one attached hydrogen (secondary N) is 3. The molecule has 1 saturated carbocycles. The minimum Gasteiger partial charge on any atom is -0.349 e. The zero-order valence-corrected chi connectivity index (χ0v) is 17.1. The van der Waals surface area contributed by atoms with Gasteiger partial charge in [0, 0.05) is 17.3 Å². The van der Waals surface area contributed by atoms with Gasteiger partial charge in [-0.25, -0.2) is 0 Å². The fourth-order valence-corrected chi connectivity index (χ4v) is 3.08. The summed E-state index contributed by atoms with van der Waals surface area (Å²) in [5, 5.41) is 8.78. The Balaban J connectivity index is 1.69. The van der Waals surface area contributed by atoms with E-state index in [-0.39, 0.29) is 23.8 Å². The molecule has 6 nitrogen and oxygen atoms in total. The normalized spacial score (nSPS) is 14.2. The molecule has 3 N–H and O–H groups in total. The number of carbonyl (C=O) groups is 3. The van der Waals surface area contributed by atoms with Gasteiger partial charge in [0.05, 0.1) is 10.6 Å². The molecule has 0 bridgehead atoms. The molecule has 7 heteroatoms. The molecule has 0 radical (unpaired) electrons. The first-order valence-electron chi connectivity index (χ1n) is 9.62. The predicted octanol–water partition coefficient (Wildman–Crippen LogP) is 3.63. The van der Waals surface area contributed by atoms with Crippen molar-refractivity contribution < 1.29 is 14.4 Å². The average molecular weight is 414 g/mol. The van der Waals surface area contributed by atoms with Gasteiger partial charge in [-0.1, -0.05) is 43.6 Å². The molecule has 1 atom stereocenters. The van der Waals surface area contributed by atoms with Gasteiger partial charge in [-0.15, -0.1) is 0 Å². The molecule has 29 heavy (non-hydrogen) atoms. The van der Waals surface area contributed by atoms with Crippen LogP contribution in [-0.4, -0.2) is 29.8 Å². The van der Waals surface area contributed by atoms with Crippen LogP contribution in [0.4, 0.5) is 5.69 Å². The third-order valence-electron chi connectivity index (χ3n) is 4.66. The maximum absolute atomic E-state index is 12.8. The Labute approximate surface area is 175 Å². The van der Waals surface area contributed by atoms with E-state index in [1.807, 2.05) is 13.8 Å². The fourth-order valence-electron chi connectivity index (χ4n) is 2.85. The number of amides is 3. The van der Waals surface area contributed by atoms with Crippen LogP contribution in [0, 0.1) is 5.92 Å². The third-order valence-corrected chi connectivity index (χ3v) is 4.99. The van der Waals surface area contributed by atoms with Crippen LogP contribution >= 0.6 is 11.6 Å². The lowest BCUT2D eigenvalue weighted by atomic mass is 10.0. The van der Waals surface area contributed by atoms with E-state index in [4.69, 9.17) is 11.6 Å². The van der Waals surface area contributed by atoms with Gasteiger partial charge in [-0.2, -0.15) is 0 Å². The second-order valence-corrected chi connectivity index (χ2v) is 7.90. The average Bonchev–Trinajstić information content (AvgIpc) is 3.50. The Kier molecular flexibility index (Phi) is 6.54. The van der Waals surface area contributed by atoms with Crippen LogP contribution in [0.3, 0.4) is 0 Å². The molecule has 0 spiro atoms. The molecule has 3 amide bonds. The minimum absolute atomic E-state index is 0.150. The number of anilines is 1. The zero-order valence-electron chi connectivity index (χ0n) is 16.4. The first-order valence-corrected chi connectivity index (χ1v) is 10.00. The van der Waals surface area contributed by atoms with Crippen molar-refractivity contribution in [3.8, 4) is 0 Å². The molecule has 1 unspecified atom stereocenters. The van der Waals surface area contributed by atoms with Crippen molar-refractivity contribution in [2.24, 2.45) is 5.92 Å². The third kappa shape index (κ3) is 5.57. The molecule has 0 heterocycles. The highest BCUT2D eigenvalue weighted by Crippen LogP contribution is 2.20. The monoisotopic (exact) mass is 413 g/mol. The summed E-state index contributed by atoms with van der Waals surface area (Å²) in [6.07, 6.45) is 2.01. The van der Waals surface area contributed by atoms with Gasteiger partial charge in [0.1, 0.15) is 6.04 Å². The Hall–Kier alpha value is -2.86. The number of benzene rings is 2. The van der Waals surface area contributed by atoms with Gasteiger partial charge in [-0.3, -0.25) is 14.4 Å². The number of carbonyl (C=O) groups excluding carboxylic acids is 3. The summed E-state index contributed by atoms with van der Waals surface area (Å²) in [5.74, 6) is -1.08. The van der Waals surface area contributed by atoms with Crippen molar-refractivity contribution in [3.63, 3.8) is 0 Å². The molecular formula is C22H24ClN3O3. The molecule has 1 fully saturated rings. The Morgan fingerprint density at radius 2 is 1.72 bits per heavy atom. The van der Waals surface area contributed by atoms with Crippen LogP contribution in [0.25, 0.3) is 0 Å². The van der Waals surface area contributed by atoms with Crippen molar-refractivity contribution in [1.82, 2.24) is 10.6 Å². The Bertz CT molecular complexity index is 925. The van der Waals surface area contributed by atoms with Gasteiger partial charge in [-0.05, 0) is 49.1 Å². The molecule has 2 aromatic carbocycles. The summed E-state index contributed by atoms with van der Waals surface area (Å²) < 4.78 is 0. The Morgan fingerprint density at radius 3 is 2.38 bits per heavy atom. The van der Waals surface area contributed by atoms with Crippen LogP contribution in [-0.2, 0) is 4.79 Å². The molecule has 2 aromatic rings. The molecule has 0 saturated heterocycles. The highest BCUT2D eigenvalue weighted by Gasteiger charge is 2.26. The SMILES string of the molecule is CC(C)C(NC(=O)c1ccccc1Cl)C(=O)Nc1cccc(C(=O)NC2CC2)c1. The predicted molar refractivity (Wildman–Crippen MR) is 113 cm³/mol. The van der Waals surface area contributed by atoms with Crippen molar-refractivity contribution in [3.05, 3.63) is 64.7 Å². The topological polar surface area (TPSA) is 87.3 Å². The fraction of sp³-hybridized carbons (Fsp3) is 0.318. The summed E-state index contributed by atoms with van der Waals surface area (Å²) in [6.45, 7) is 3.69. The number of hydrogen-bond acceptors (Lipinski definition) is 3. The van der Waals surface area contributed by atoms with Crippen molar-refractivity contribution >= 4 is 35.0 Å². The highest BCUT2D eigenvalue weighted by molar-refractivity contribution is 6.33. The van der Waals surface area contributed by atoms with E-state index in [9.17, 15) is 14.4 Å². The molecule has 1 aliphatic rings. The summed E-state index contributed by atoms with van der Waals surface area (Å²) in [7, 11) is 0. The lowest BCUT2D eigenvalue weighted by molar-refractivity contribution is -0.118. The van der Waals surface area contributed by atoms with E-state index in [0.717, 1.165) is 12.8 Å². The van der Waals surface area contributed by atoms with E-state index in [1.54, 1.807) is 48.5 Å². The van der Waals surface area contributed by atoms with Crippen LogP contribution in [0.5, 0.6) is 0 Å². The van der Waals surface area contributed by atoms with Crippen molar-refractivity contribution in [2.75, 3.05) is 5.32 Å². The standard InChI is InChI=1S/C22H24ClN3O3/c1-13(2)19(26-21(28)17-8-3-4-9-18(17)23)22(29)25-16-7-5-6-14(12-16)20(27)24-15-10-11-15/h3-9,12-13,15,19H,10-11H2,1-2H3,(H,24,27)(H,25,29)(H,26,28). The van der Waals surface area contributed by atoms with E-state index < -0.39 is 11.9 Å². The van der Waals surface area contributed by atoms with Crippen LogP contribution < -0.4 is 16.0 Å². The Morgan fingerprint density at radius 1 is 1.00 bits per heavy atom. The summed E-state index contributed by atoms with van der Waals surface area (Å²) >= 11 is 6.08. The van der Waals surface area contributed by atoms with Gasteiger partial charge in [0.2, 0.25) is 5.91 Å². The summed E-state index contributed by atoms with van der Waals surface area (Å²) in [6, 6.07) is 12.9. The maximum Gasteiger partial charge on any atom is 0.253 e. The van der Waals surface area contributed by atoms with E-state index in [2.05, 4.69) is 16.0 Å². The van der Waals surface area contributed by atoms with Crippen LogP contribution in [0.1, 0.15) is 47.4 Å². The first kappa shape index (κ1) is 20.9. The van der Waals surface area contributed by atoms with E-state index in [0.29, 0.717) is 21.8 Å². The van der Waals surface area contributed by atoms with Gasteiger partial charge >= 0.3 is 0 Å². The van der Waals surface area contributed by atoms with Gasteiger partial charge in [0.25, 0.3) is 11.8 Å². The first-order chi connectivity index (χ1) is 13.8. The number of rotatable bonds is 7. The zero-order chi connectivity index (χ0) is 21.0. The maximum atomic E-state index is 12.8. The van der Waals surface area contributed by atoms with Gasteiger partial charge in [0.15, 0.2) is 0 Å². The molecular weight excluding hydrogens is 390 g/mol. The molecule has 0 aromatic heterocycles. The summed E-state index contributed by atoms with van der Waals surface area (Å²) in [4.78, 5) is 37.6. The molecule has 0 aliphatic heterocycles. The lowest BCUT2D eigenvalue weighted by Gasteiger charge is -2.22. The van der Waals surface area contributed by atoms with Gasteiger partial charge < -0.3 is 16.0 Å². The molecule has 1 aliphatic carbocycles. The number of halogens is 1. The second-order valence-electron chi connectivity index (χ2n) is 7.49. The molecule has 3 rings (SSSR count). The van der Waals surface area contributed by atoms with Crippen molar-refractivity contribution in [1.29, 1.82) is 0 Å². The largest absolute Gasteiger partial charge is 0.349 e. The van der Waals surface area contributed by atoms with E-state index >= 15 is 0 Å². The van der Waals surface area contributed by atoms with Crippen LogP contribution in [0.2, 0.25) is 5.02 Å². The second kappa shape index (κ2) is 9.09. The smallest absolute Gasteiger partial charge is 0.253 e.